The van der Waals surface area contributed by atoms with Gasteiger partial charge in [0.15, 0.2) is 0 Å². The van der Waals surface area contributed by atoms with E-state index in [1.807, 2.05) is 0 Å². The molecule has 0 saturated heterocycles. The van der Waals surface area contributed by atoms with E-state index < -0.39 is 0 Å². The Hall–Kier alpha value is -1.51. The summed E-state index contributed by atoms with van der Waals surface area (Å²) < 4.78 is 2.09. The molecule has 1 aromatic carbocycles. The van der Waals surface area contributed by atoms with Crippen LogP contribution in [0.2, 0.25) is 0 Å². The number of aryl methyl sites for hydroxylation is 1. The van der Waals surface area contributed by atoms with Crippen molar-refractivity contribution in [2.45, 2.75) is 34.2 Å². The summed E-state index contributed by atoms with van der Waals surface area (Å²) in [5, 5.41) is 0. The van der Waals surface area contributed by atoms with Crippen molar-refractivity contribution in [2.24, 2.45) is 5.41 Å². The predicted molar refractivity (Wildman–Crippen MR) is 68.3 cm³/mol. The Morgan fingerprint density at radius 1 is 1.31 bits per heavy atom. The van der Waals surface area contributed by atoms with E-state index in [4.69, 9.17) is 5.73 Å². The van der Waals surface area contributed by atoms with Crippen LogP contribution in [-0.4, -0.2) is 9.55 Å². The first-order valence-corrected chi connectivity index (χ1v) is 5.59. The first-order valence-electron chi connectivity index (χ1n) is 5.59. The SMILES string of the molecule is Cc1ccc2c(c1)nc(N)n2CC(C)(C)C. The van der Waals surface area contributed by atoms with Crippen molar-refractivity contribution < 1.29 is 0 Å². The van der Waals surface area contributed by atoms with E-state index in [1.54, 1.807) is 0 Å². The summed E-state index contributed by atoms with van der Waals surface area (Å²) in [4.78, 5) is 4.40. The lowest BCUT2D eigenvalue weighted by atomic mass is 9.97. The molecule has 0 aliphatic rings. The second kappa shape index (κ2) is 3.51. The van der Waals surface area contributed by atoms with Gasteiger partial charge < -0.3 is 10.3 Å². The molecule has 2 aromatic rings. The van der Waals surface area contributed by atoms with Gasteiger partial charge in [0.25, 0.3) is 0 Å². The number of hydrogen-bond donors (Lipinski definition) is 1. The summed E-state index contributed by atoms with van der Waals surface area (Å²) in [6, 6.07) is 6.27. The van der Waals surface area contributed by atoms with Gasteiger partial charge in [0.05, 0.1) is 11.0 Å². The van der Waals surface area contributed by atoms with Crippen LogP contribution < -0.4 is 5.73 Å². The fourth-order valence-electron chi connectivity index (χ4n) is 1.90. The second-order valence-electron chi connectivity index (χ2n) is 5.61. The molecule has 0 aliphatic heterocycles. The molecule has 0 radical (unpaired) electrons. The number of imidazole rings is 1. The van der Waals surface area contributed by atoms with Crippen molar-refractivity contribution in [1.29, 1.82) is 0 Å². The van der Waals surface area contributed by atoms with Crippen LogP contribution >= 0.6 is 0 Å². The number of benzene rings is 1. The summed E-state index contributed by atoms with van der Waals surface area (Å²) in [5.74, 6) is 0.607. The lowest BCUT2D eigenvalue weighted by Crippen LogP contribution is -2.17. The van der Waals surface area contributed by atoms with Gasteiger partial charge in [0, 0.05) is 6.54 Å². The number of anilines is 1. The zero-order valence-electron chi connectivity index (χ0n) is 10.4. The van der Waals surface area contributed by atoms with E-state index in [2.05, 4.69) is 55.4 Å². The molecule has 86 valence electrons. The summed E-state index contributed by atoms with van der Waals surface area (Å²) in [6.07, 6.45) is 0. The third kappa shape index (κ3) is 2.03. The van der Waals surface area contributed by atoms with Gasteiger partial charge in [0.1, 0.15) is 0 Å². The average molecular weight is 217 g/mol. The molecule has 3 nitrogen and oxygen atoms in total. The van der Waals surface area contributed by atoms with Crippen molar-refractivity contribution in [2.75, 3.05) is 5.73 Å². The highest BCUT2D eigenvalue weighted by atomic mass is 15.2. The number of aromatic nitrogens is 2. The minimum Gasteiger partial charge on any atom is -0.369 e. The number of rotatable bonds is 1. The van der Waals surface area contributed by atoms with Gasteiger partial charge in [-0.05, 0) is 30.0 Å². The molecular weight excluding hydrogens is 198 g/mol. The Morgan fingerprint density at radius 3 is 2.62 bits per heavy atom. The van der Waals surface area contributed by atoms with Crippen LogP contribution in [0.3, 0.4) is 0 Å². The van der Waals surface area contributed by atoms with Crippen LogP contribution in [0.1, 0.15) is 26.3 Å². The van der Waals surface area contributed by atoms with E-state index in [0.29, 0.717) is 5.95 Å². The molecule has 0 amide bonds. The fraction of sp³-hybridized carbons (Fsp3) is 0.462. The van der Waals surface area contributed by atoms with E-state index in [-0.39, 0.29) is 5.41 Å². The zero-order valence-corrected chi connectivity index (χ0v) is 10.4. The minimum atomic E-state index is 0.201. The maximum absolute atomic E-state index is 5.96. The van der Waals surface area contributed by atoms with Gasteiger partial charge in [0.2, 0.25) is 5.95 Å². The smallest absolute Gasteiger partial charge is 0.201 e. The van der Waals surface area contributed by atoms with Crippen molar-refractivity contribution >= 4 is 17.0 Å². The summed E-state index contributed by atoms with van der Waals surface area (Å²) >= 11 is 0. The summed E-state index contributed by atoms with van der Waals surface area (Å²) in [6.45, 7) is 9.56. The Morgan fingerprint density at radius 2 is 2.00 bits per heavy atom. The molecule has 0 atom stereocenters. The largest absolute Gasteiger partial charge is 0.369 e. The Balaban J connectivity index is 2.56. The van der Waals surface area contributed by atoms with Crippen LogP contribution in [-0.2, 0) is 6.54 Å². The lowest BCUT2D eigenvalue weighted by molar-refractivity contribution is 0.351. The van der Waals surface area contributed by atoms with E-state index >= 15 is 0 Å². The highest BCUT2D eigenvalue weighted by Crippen LogP contribution is 2.24. The van der Waals surface area contributed by atoms with E-state index in [1.165, 1.54) is 5.56 Å². The third-order valence-electron chi connectivity index (χ3n) is 2.57. The van der Waals surface area contributed by atoms with Crippen molar-refractivity contribution in [3.05, 3.63) is 23.8 Å². The Kier molecular flexibility index (Phi) is 2.41. The van der Waals surface area contributed by atoms with Crippen LogP contribution in [0, 0.1) is 12.3 Å². The molecule has 0 unspecified atom stereocenters. The van der Waals surface area contributed by atoms with Gasteiger partial charge >= 0.3 is 0 Å². The van der Waals surface area contributed by atoms with Gasteiger partial charge in [-0.25, -0.2) is 4.98 Å². The third-order valence-corrected chi connectivity index (χ3v) is 2.57. The predicted octanol–water partition coefficient (Wildman–Crippen LogP) is 2.97. The van der Waals surface area contributed by atoms with E-state index in [9.17, 15) is 0 Å². The Labute approximate surface area is 96.3 Å². The van der Waals surface area contributed by atoms with Crippen LogP contribution in [0.4, 0.5) is 5.95 Å². The molecule has 0 saturated carbocycles. The number of nitrogen functional groups attached to an aromatic ring is 1. The first kappa shape index (κ1) is 11.0. The lowest BCUT2D eigenvalue weighted by Gasteiger charge is -2.20. The number of fused-ring (bicyclic) bond motifs is 1. The normalized spacial score (nSPS) is 12.2. The Bertz CT molecular complexity index is 518. The van der Waals surface area contributed by atoms with Gasteiger partial charge in [-0.2, -0.15) is 0 Å². The molecule has 0 fully saturated rings. The first-order chi connectivity index (χ1) is 7.37. The zero-order chi connectivity index (χ0) is 11.9. The van der Waals surface area contributed by atoms with Crippen molar-refractivity contribution in [3.8, 4) is 0 Å². The minimum absolute atomic E-state index is 0.201. The molecule has 2 rings (SSSR count). The maximum atomic E-state index is 5.96. The molecule has 0 aliphatic carbocycles. The fourth-order valence-corrected chi connectivity index (χ4v) is 1.90. The molecule has 1 aromatic heterocycles. The van der Waals surface area contributed by atoms with E-state index in [0.717, 1.165) is 17.6 Å². The number of hydrogen-bond acceptors (Lipinski definition) is 2. The van der Waals surface area contributed by atoms with Crippen molar-refractivity contribution in [3.63, 3.8) is 0 Å². The van der Waals surface area contributed by atoms with Crippen LogP contribution in [0.25, 0.3) is 11.0 Å². The molecule has 0 bridgehead atoms. The summed E-state index contributed by atoms with van der Waals surface area (Å²) in [7, 11) is 0. The van der Waals surface area contributed by atoms with Crippen molar-refractivity contribution in [1.82, 2.24) is 9.55 Å². The standard InChI is InChI=1S/C13H19N3/c1-9-5-6-11-10(7-9)15-12(14)16(11)8-13(2,3)4/h5-7H,8H2,1-4H3,(H2,14,15). The molecule has 1 heterocycles. The molecule has 16 heavy (non-hydrogen) atoms. The number of nitrogens with two attached hydrogens (primary N) is 1. The quantitative estimate of drug-likeness (QED) is 0.798. The van der Waals surface area contributed by atoms with Crippen LogP contribution in [0.15, 0.2) is 18.2 Å². The highest BCUT2D eigenvalue weighted by Gasteiger charge is 2.16. The molecule has 2 N–H and O–H groups in total. The van der Waals surface area contributed by atoms with Gasteiger partial charge in [-0.3, -0.25) is 0 Å². The molecule has 0 spiro atoms. The topological polar surface area (TPSA) is 43.8 Å². The highest BCUT2D eigenvalue weighted by molar-refractivity contribution is 5.79. The second-order valence-corrected chi connectivity index (χ2v) is 5.61. The number of nitrogens with zero attached hydrogens (tertiary/aromatic N) is 2. The monoisotopic (exact) mass is 217 g/mol. The molecular formula is C13H19N3. The molecule has 3 heteroatoms. The summed E-state index contributed by atoms with van der Waals surface area (Å²) in [5.41, 5.74) is 9.49. The van der Waals surface area contributed by atoms with Crippen LogP contribution in [0.5, 0.6) is 0 Å². The average Bonchev–Trinajstić information content (AvgIpc) is 2.40. The maximum Gasteiger partial charge on any atom is 0.201 e. The van der Waals surface area contributed by atoms with Gasteiger partial charge in [-0.15, -0.1) is 0 Å². The van der Waals surface area contributed by atoms with Gasteiger partial charge in [-0.1, -0.05) is 26.8 Å².